The maximum atomic E-state index is 12.1. The molecule has 0 aliphatic heterocycles. The summed E-state index contributed by atoms with van der Waals surface area (Å²) in [5.74, 6) is -0.416. The van der Waals surface area contributed by atoms with Crippen LogP contribution in [0.5, 0.6) is 0 Å². The maximum absolute atomic E-state index is 12.1. The van der Waals surface area contributed by atoms with E-state index < -0.39 is 17.0 Å². The topological polar surface area (TPSA) is 95.7 Å². The van der Waals surface area contributed by atoms with Crippen LogP contribution in [-0.4, -0.2) is 15.3 Å². The molecule has 0 spiro atoms. The number of aromatic amines is 1. The van der Waals surface area contributed by atoms with Crippen molar-refractivity contribution in [2.75, 3.05) is 0 Å². The molecule has 0 bridgehead atoms. The molecule has 1 aromatic carbocycles. The standard InChI is InChI=1S/C14H11N3O3/c1-9(18)12-8-16-14(20)17(13(12)19)11-4-2-10(3-5-11)6-7-15/h2-5,8H,6H2,1H3,(H,16,20). The van der Waals surface area contributed by atoms with Gasteiger partial charge in [-0.2, -0.15) is 5.26 Å². The van der Waals surface area contributed by atoms with Gasteiger partial charge in [-0.05, 0) is 24.6 Å². The van der Waals surface area contributed by atoms with Crippen molar-refractivity contribution in [1.82, 2.24) is 9.55 Å². The van der Waals surface area contributed by atoms with Crippen LogP contribution in [0.4, 0.5) is 0 Å². The van der Waals surface area contributed by atoms with E-state index in [0.717, 1.165) is 16.3 Å². The van der Waals surface area contributed by atoms with Crippen LogP contribution in [0.2, 0.25) is 0 Å². The molecular weight excluding hydrogens is 258 g/mol. The minimum Gasteiger partial charge on any atom is -0.313 e. The Labute approximate surface area is 113 Å². The van der Waals surface area contributed by atoms with Crippen LogP contribution in [0.25, 0.3) is 5.69 Å². The van der Waals surface area contributed by atoms with E-state index in [1.54, 1.807) is 24.3 Å². The molecule has 0 radical (unpaired) electrons. The lowest BCUT2D eigenvalue weighted by Crippen LogP contribution is -2.36. The van der Waals surface area contributed by atoms with Gasteiger partial charge in [-0.3, -0.25) is 9.59 Å². The summed E-state index contributed by atoms with van der Waals surface area (Å²) >= 11 is 0. The van der Waals surface area contributed by atoms with Gasteiger partial charge in [0.1, 0.15) is 0 Å². The van der Waals surface area contributed by atoms with Crippen molar-refractivity contribution in [3.8, 4) is 11.8 Å². The Morgan fingerprint density at radius 3 is 2.50 bits per heavy atom. The molecule has 0 atom stereocenters. The minimum atomic E-state index is -0.658. The van der Waals surface area contributed by atoms with Crippen LogP contribution in [0.3, 0.4) is 0 Å². The summed E-state index contributed by atoms with van der Waals surface area (Å²) in [6.07, 6.45) is 1.37. The van der Waals surface area contributed by atoms with Crippen LogP contribution >= 0.6 is 0 Å². The highest BCUT2D eigenvalue weighted by molar-refractivity contribution is 5.93. The first-order valence-electron chi connectivity index (χ1n) is 5.86. The summed E-state index contributed by atoms with van der Waals surface area (Å²) in [7, 11) is 0. The van der Waals surface area contributed by atoms with E-state index in [9.17, 15) is 14.4 Å². The smallest absolute Gasteiger partial charge is 0.313 e. The number of H-pyrrole nitrogens is 1. The third kappa shape index (κ3) is 2.42. The first kappa shape index (κ1) is 13.5. The van der Waals surface area contributed by atoms with Crippen molar-refractivity contribution in [1.29, 1.82) is 5.26 Å². The number of nitrogens with one attached hydrogen (secondary N) is 1. The normalized spacial score (nSPS) is 10.0. The highest BCUT2D eigenvalue weighted by atomic mass is 16.2. The first-order chi connectivity index (χ1) is 9.54. The Bertz CT molecular complexity index is 807. The molecule has 1 aromatic heterocycles. The lowest BCUT2D eigenvalue weighted by Gasteiger charge is -2.06. The summed E-state index contributed by atoms with van der Waals surface area (Å²) in [5, 5.41) is 8.59. The van der Waals surface area contributed by atoms with E-state index in [2.05, 4.69) is 4.98 Å². The average Bonchev–Trinajstić information content (AvgIpc) is 2.40. The number of rotatable bonds is 3. The molecule has 1 heterocycles. The second kappa shape index (κ2) is 5.36. The van der Waals surface area contributed by atoms with Gasteiger partial charge in [-0.15, -0.1) is 0 Å². The number of aromatic nitrogens is 2. The first-order valence-corrected chi connectivity index (χ1v) is 5.86. The highest BCUT2D eigenvalue weighted by Crippen LogP contribution is 2.07. The molecule has 6 heteroatoms. The average molecular weight is 269 g/mol. The summed E-state index contributed by atoms with van der Waals surface area (Å²) < 4.78 is 0.896. The zero-order valence-electron chi connectivity index (χ0n) is 10.7. The molecule has 1 N–H and O–H groups in total. The summed E-state index contributed by atoms with van der Waals surface area (Å²) in [6, 6.07) is 8.45. The lowest BCUT2D eigenvalue weighted by atomic mass is 10.1. The molecule has 2 aromatic rings. The Hall–Kier alpha value is -2.94. The van der Waals surface area contributed by atoms with Gasteiger partial charge in [0.05, 0.1) is 23.7 Å². The van der Waals surface area contributed by atoms with Crippen molar-refractivity contribution in [3.05, 3.63) is 62.4 Å². The Kier molecular flexibility index (Phi) is 3.62. The van der Waals surface area contributed by atoms with E-state index in [0.29, 0.717) is 5.69 Å². The second-order valence-corrected chi connectivity index (χ2v) is 4.21. The molecule has 0 fully saturated rings. The molecule has 20 heavy (non-hydrogen) atoms. The van der Waals surface area contributed by atoms with Crippen molar-refractivity contribution in [3.63, 3.8) is 0 Å². The fourth-order valence-corrected chi connectivity index (χ4v) is 1.81. The number of hydrogen-bond donors (Lipinski definition) is 1. The number of carbonyl (C=O) groups is 1. The van der Waals surface area contributed by atoms with E-state index in [4.69, 9.17) is 5.26 Å². The molecule has 100 valence electrons. The molecule has 0 saturated carbocycles. The fourth-order valence-electron chi connectivity index (χ4n) is 1.81. The zero-order valence-corrected chi connectivity index (χ0v) is 10.7. The SMILES string of the molecule is CC(=O)c1c[nH]c(=O)n(-c2ccc(CC#N)cc2)c1=O. The number of hydrogen-bond acceptors (Lipinski definition) is 4. The predicted octanol–water partition coefficient (Wildman–Crippen LogP) is 0.794. The van der Waals surface area contributed by atoms with Crippen molar-refractivity contribution in [2.45, 2.75) is 13.3 Å². The van der Waals surface area contributed by atoms with Crippen LogP contribution < -0.4 is 11.2 Å². The van der Waals surface area contributed by atoms with Crippen LogP contribution in [0.1, 0.15) is 22.8 Å². The Balaban J connectivity index is 2.61. The third-order valence-corrected chi connectivity index (χ3v) is 2.83. The number of carbonyl (C=O) groups excluding carboxylic acids is 1. The number of benzene rings is 1. The maximum Gasteiger partial charge on any atom is 0.333 e. The van der Waals surface area contributed by atoms with Gasteiger partial charge < -0.3 is 4.98 Å². The van der Waals surface area contributed by atoms with Crippen molar-refractivity contribution < 1.29 is 4.79 Å². The number of Topliss-reactive ketones (excluding diaryl/α,β-unsaturated/α-hetero) is 1. The monoisotopic (exact) mass is 269 g/mol. The molecule has 0 saturated heterocycles. The van der Waals surface area contributed by atoms with Crippen LogP contribution in [0.15, 0.2) is 40.1 Å². The zero-order chi connectivity index (χ0) is 14.7. The van der Waals surface area contributed by atoms with Gasteiger partial charge in [-0.1, -0.05) is 12.1 Å². The van der Waals surface area contributed by atoms with Crippen molar-refractivity contribution in [2.24, 2.45) is 0 Å². The number of nitrogens with zero attached hydrogens (tertiary/aromatic N) is 2. The molecular formula is C14H11N3O3. The summed E-state index contributed by atoms with van der Waals surface area (Å²) in [4.78, 5) is 37.6. The van der Waals surface area contributed by atoms with Gasteiger partial charge in [0.25, 0.3) is 5.56 Å². The number of nitriles is 1. The van der Waals surface area contributed by atoms with Gasteiger partial charge >= 0.3 is 5.69 Å². The van der Waals surface area contributed by atoms with E-state index in [1.165, 1.54) is 6.92 Å². The van der Waals surface area contributed by atoms with Crippen LogP contribution in [0, 0.1) is 11.3 Å². The lowest BCUT2D eigenvalue weighted by molar-refractivity contribution is 0.101. The largest absolute Gasteiger partial charge is 0.333 e. The quantitative estimate of drug-likeness (QED) is 0.833. The highest BCUT2D eigenvalue weighted by Gasteiger charge is 2.12. The molecule has 0 aliphatic carbocycles. The van der Waals surface area contributed by atoms with Gasteiger partial charge in [0, 0.05) is 6.20 Å². The molecule has 0 aliphatic rings. The summed E-state index contributed by atoms with van der Waals surface area (Å²) in [6.45, 7) is 1.26. The number of ketones is 1. The van der Waals surface area contributed by atoms with Gasteiger partial charge in [-0.25, -0.2) is 9.36 Å². The van der Waals surface area contributed by atoms with E-state index in [-0.39, 0.29) is 12.0 Å². The second-order valence-electron chi connectivity index (χ2n) is 4.21. The summed E-state index contributed by atoms with van der Waals surface area (Å²) in [5.41, 5.74) is -0.225. The molecule has 2 rings (SSSR count). The Morgan fingerprint density at radius 1 is 1.30 bits per heavy atom. The molecule has 0 amide bonds. The third-order valence-electron chi connectivity index (χ3n) is 2.83. The van der Waals surface area contributed by atoms with E-state index >= 15 is 0 Å². The van der Waals surface area contributed by atoms with Crippen LogP contribution in [-0.2, 0) is 6.42 Å². The minimum absolute atomic E-state index is 0.0781. The van der Waals surface area contributed by atoms with Crippen molar-refractivity contribution >= 4 is 5.78 Å². The van der Waals surface area contributed by atoms with Gasteiger partial charge in [0.15, 0.2) is 5.78 Å². The fraction of sp³-hybridized carbons (Fsp3) is 0.143. The van der Waals surface area contributed by atoms with E-state index in [1.807, 2.05) is 6.07 Å². The molecule has 6 nitrogen and oxygen atoms in total. The Morgan fingerprint density at radius 2 is 1.95 bits per heavy atom. The van der Waals surface area contributed by atoms with Gasteiger partial charge in [0.2, 0.25) is 0 Å². The predicted molar refractivity (Wildman–Crippen MR) is 72.0 cm³/mol. The molecule has 0 unspecified atom stereocenters.